The highest BCUT2D eigenvalue weighted by Gasteiger charge is 2.24. The number of hydrogen-bond donors (Lipinski definition) is 2. The Balaban J connectivity index is 2.52. The standard InChI is InChI=1S/C13H23NOS/c1-10-6-7-11(16-10)13(5,15)8-9-14-12(2,3)4/h6-7,14-15H,8-9H2,1-5H3. The molecule has 1 atom stereocenters. The fraction of sp³-hybridized carbons (Fsp3) is 0.692. The summed E-state index contributed by atoms with van der Waals surface area (Å²) in [7, 11) is 0. The molecular formula is C13H23NOS. The Bertz CT molecular complexity index is 336. The Hall–Kier alpha value is -0.380. The molecule has 0 fully saturated rings. The Kier molecular flexibility index (Phi) is 4.16. The summed E-state index contributed by atoms with van der Waals surface area (Å²) in [6.07, 6.45) is 0.740. The van der Waals surface area contributed by atoms with Crippen LogP contribution in [0.2, 0.25) is 0 Å². The molecule has 1 unspecified atom stereocenters. The van der Waals surface area contributed by atoms with E-state index in [1.54, 1.807) is 11.3 Å². The minimum atomic E-state index is -0.711. The third-order valence-corrected chi connectivity index (χ3v) is 3.79. The van der Waals surface area contributed by atoms with Crippen LogP contribution in [0.25, 0.3) is 0 Å². The van der Waals surface area contributed by atoms with E-state index in [1.165, 1.54) is 4.88 Å². The van der Waals surface area contributed by atoms with Gasteiger partial charge in [-0.15, -0.1) is 11.3 Å². The second-order valence-electron chi connectivity index (χ2n) is 5.61. The highest BCUT2D eigenvalue weighted by molar-refractivity contribution is 7.12. The van der Waals surface area contributed by atoms with Gasteiger partial charge < -0.3 is 10.4 Å². The predicted octanol–water partition coefficient (Wildman–Crippen LogP) is 3.04. The van der Waals surface area contributed by atoms with Gasteiger partial charge in [0.15, 0.2) is 0 Å². The smallest absolute Gasteiger partial charge is 0.0972 e. The maximum atomic E-state index is 10.4. The largest absolute Gasteiger partial charge is 0.385 e. The molecule has 92 valence electrons. The summed E-state index contributed by atoms with van der Waals surface area (Å²) in [6, 6.07) is 4.09. The normalized spacial score (nSPS) is 16.1. The van der Waals surface area contributed by atoms with E-state index in [-0.39, 0.29) is 5.54 Å². The summed E-state index contributed by atoms with van der Waals surface area (Å²) in [4.78, 5) is 2.31. The monoisotopic (exact) mass is 241 g/mol. The first-order valence-electron chi connectivity index (χ1n) is 5.75. The SMILES string of the molecule is Cc1ccc(C(C)(O)CCNC(C)(C)C)s1. The molecule has 0 spiro atoms. The first-order chi connectivity index (χ1) is 7.21. The van der Waals surface area contributed by atoms with Crippen molar-refractivity contribution in [3.8, 4) is 0 Å². The van der Waals surface area contributed by atoms with Crippen molar-refractivity contribution >= 4 is 11.3 Å². The summed E-state index contributed by atoms with van der Waals surface area (Å²) in [5.41, 5.74) is -0.599. The van der Waals surface area contributed by atoms with Crippen molar-refractivity contribution in [2.45, 2.75) is 52.2 Å². The molecule has 0 aromatic carbocycles. The van der Waals surface area contributed by atoms with Gasteiger partial charge in [-0.05, 0) is 59.7 Å². The van der Waals surface area contributed by atoms with Crippen LogP contribution in [-0.2, 0) is 5.60 Å². The Labute approximate surface area is 103 Å². The van der Waals surface area contributed by atoms with Crippen LogP contribution in [0, 0.1) is 6.92 Å². The summed E-state index contributed by atoms with van der Waals surface area (Å²) >= 11 is 1.67. The van der Waals surface area contributed by atoms with Crippen LogP contribution in [0.3, 0.4) is 0 Å². The van der Waals surface area contributed by atoms with Gasteiger partial charge in [0, 0.05) is 15.3 Å². The van der Waals surface area contributed by atoms with Gasteiger partial charge in [-0.2, -0.15) is 0 Å². The van der Waals surface area contributed by atoms with Crippen LogP contribution in [0.5, 0.6) is 0 Å². The molecule has 2 nitrogen and oxygen atoms in total. The fourth-order valence-corrected chi connectivity index (χ4v) is 2.47. The number of aliphatic hydroxyl groups is 1. The lowest BCUT2D eigenvalue weighted by Gasteiger charge is -2.26. The van der Waals surface area contributed by atoms with E-state index in [0.29, 0.717) is 0 Å². The van der Waals surface area contributed by atoms with E-state index in [9.17, 15) is 5.11 Å². The Morgan fingerprint density at radius 3 is 2.31 bits per heavy atom. The molecule has 0 aliphatic heterocycles. The molecule has 1 aromatic rings. The van der Waals surface area contributed by atoms with Crippen molar-refractivity contribution in [2.24, 2.45) is 0 Å². The van der Waals surface area contributed by atoms with Crippen molar-refractivity contribution in [2.75, 3.05) is 6.54 Å². The van der Waals surface area contributed by atoms with Crippen molar-refractivity contribution in [3.63, 3.8) is 0 Å². The average Bonchev–Trinajstić information content (AvgIpc) is 2.49. The van der Waals surface area contributed by atoms with Crippen molar-refractivity contribution < 1.29 is 5.11 Å². The summed E-state index contributed by atoms with van der Waals surface area (Å²) in [5, 5.41) is 13.8. The topological polar surface area (TPSA) is 32.3 Å². The molecule has 1 aromatic heterocycles. The maximum absolute atomic E-state index is 10.4. The predicted molar refractivity (Wildman–Crippen MR) is 71.0 cm³/mol. The average molecular weight is 241 g/mol. The summed E-state index contributed by atoms with van der Waals surface area (Å²) in [6.45, 7) is 11.2. The minimum Gasteiger partial charge on any atom is -0.385 e. The lowest BCUT2D eigenvalue weighted by Crippen LogP contribution is -2.38. The summed E-state index contributed by atoms with van der Waals surface area (Å²) < 4.78 is 0. The number of rotatable bonds is 4. The zero-order valence-corrected chi connectivity index (χ0v) is 11.7. The van der Waals surface area contributed by atoms with Crippen molar-refractivity contribution in [3.05, 3.63) is 21.9 Å². The van der Waals surface area contributed by atoms with E-state index < -0.39 is 5.60 Å². The first-order valence-corrected chi connectivity index (χ1v) is 6.57. The van der Waals surface area contributed by atoms with Crippen LogP contribution in [0.1, 0.15) is 43.9 Å². The minimum absolute atomic E-state index is 0.113. The molecule has 1 heterocycles. The zero-order chi connectivity index (χ0) is 12.4. The lowest BCUT2D eigenvalue weighted by molar-refractivity contribution is 0.0501. The fourth-order valence-electron chi connectivity index (χ4n) is 1.53. The molecule has 1 rings (SSSR count). The van der Waals surface area contributed by atoms with Gasteiger partial charge in [0.1, 0.15) is 0 Å². The second-order valence-corrected chi connectivity index (χ2v) is 6.90. The molecule has 0 aliphatic carbocycles. The highest BCUT2D eigenvalue weighted by Crippen LogP contribution is 2.30. The molecule has 0 saturated heterocycles. The van der Waals surface area contributed by atoms with Crippen LogP contribution >= 0.6 is 11.3 Å². The van der Waals surface area contributed by atoms with E-state index in [2.05, 4.69) is 39.1 Å². The van der Waals surface area contributed by atoms with Gasteiger partial charge in [-0.1, -0.05) is 0 Å². The third-order valence-electron chi connectivity index (χ3n) is 2.54. The van der Waals surface area contributed by atoms with Gasteiger partial charge in [-0.25, -0.2) is 0 Å². The molecule has 0 saturated carbocycles. The van der Waals surface area contributed by atoms with Gasteiger partial charge in [0.25, 0.3) is 0 Å². The van der Waals surface area contributed by atoms with E-state index >= 15 is 0 Å². The molecule has 0 radical (unpaired) electrons. The van der Waals surface area contributed by atoms with Crippen LogP contribution < -0.4 is 5.32 Å². The quantitative estimate of drug-likeness (QED) is 0.849. The van der Waals surface area contributed by atoms with Crippen LogP contribution in [0.15, 0.2) is 12.1 Å². The van der Waals surface area contributed by atoms with Crippen molar-refractivity contribution in [1.82, 2.24) is 5.32 Å². The van der Waals surface area contributed by atoms with Crippen molar-refractivity contribution in [1.29, 1.82) is 0 Å². The van der Waals surface area contributed by atoms with E-state index in [1.807, 2.05) is 13.0 Å². The molecular weight excluding hydrogens is 218 g/mol. The molecule has 0 bridgehead atoms. The third kappa shape index (κ3) is 4.24. The number of hydrogen-bond acceptors (Lipinski definition) is 3. The second kappa shape index (κ2) is 4.86. The van der Waals surface area contributed by atoms with E-state index in [0.717, 1.165) is 17.8 Å². The molecule has 3 heteroatoms. The Morgan fingerprint density at radius 1 is 1.25 bits per heavy atom. The van der Waals surface area contributed by atoms with Gasteiger partial charge in [0.2, 0.25) is 0 Å². The molecule has 2 N–H and O–H groups in total. The van der Waals surface area contributed by atoms with E-state index in [4.69, 9.17) is 0 Å². The van der Waals surface area contributed by atoms with Gasteiger partial charge >= 0.3 is 0 Å². The molecule has 16 heavy (non-hydrogen) atoms. The lowest BCUT2D eigenvalue weighted by atomic mass is 9.99. The molecule has 0 amide bonds. The highest BCUT2D eigenvalue weighted by atomic mass is 32.1. The zero-order valence-electron chi connectivity index (χ0n) is 10.9. The molecule has 0 aliphatic rings. The maximum Gasteiger partial charge on any atom is 0.0972 e. The summed E-state index contributed by atoms with van der Waals surface area (Å²) in [5.74, 6) is 0. The number of thiophene rings is 1. The first kappa shape index (κ1) is 13.7. The van der Waals surface area contributed by atoms with Gasteiger partial charge in [-0.3, -0.25) is 0 Å². The Morgan fingerprint density at radius 2 is 1.88 bits per heavy atom. The van der Waals surface area contributed by atoms with Crippen LogP contribution in [0.4, 0.5) is 0 Å². The number of aryl methyl sites for hydroxylation is 1. The number of nitrogens with one attached hydrogen (secondary N) is 1. The van der Waals surface area contributed by atoms with Crippen LogP contribution in [-0.4, -0.2) is 17.2 Å². The van der Waals surface area contributed by atoms with Gasteiger partial charge in [0.05, 0.1) is 5.60 Å².